The number of aliphatic hydroxyl groups is 1. The molecule has 0 aromatic heterocycles. The number of alkyl halides is 3. The van der Waals surface area contributed by atoms with Gasteiger partial charge in [-0.3, -0.25) is 0 Å². The van der Waals surface area contributed by atoms with Gasteiger partial charge < -0.3 is 5.11 Å². The molecule has 3 rings (SSSR count). The third-order valence-corrected chi connectivity index (χ3v) is 3.80. The van der Waals surface area contributed by atoms with Gasteiger partial charge in [-0.25, -0.2) is 0 Å². The van der Waals surface area contributed by atoms with Gasteiger partial charge in [0.1, 0.15) is 6.10 Å². The molecule has 4 heteroatoms. The number of halogens is 3. The van der Waals surface area contributed by atoms with E-state index in [0.717, 1.165) is 30.5 Å². The van der Waals surface area contributed by atoms with Crippen molar-refractivity contribution in [2.45, 2.75) is 31.0 Å². The summed E-state index contributed by atoms with van der Waals surface area (Å²) in [5.41, 5.74) is 1.31. The molecule has 1 fully saturated rings. The van der Waals surface area contributed by atoms with E-state index in [9.17, 15) is 18.3 Å². The SMILES string of the molecule is OC(c1cccc(C2CC2)c1)c1cccc(C(F)(F)F)c1. The van der Waals surface area contributed by atoms with Crippen LogP contribution in [0.4, 0.5) is 13.2 Å². The summed E-state index contributed by atoms with van der Waals surface area (Å²) in [5.74, 6) is 0.540. The molecule has 2 aromatic carbocycles. The number of hydrogen-bond donors (Lipinski definition) is 1. The standard InChI is InChI=1S/C17H15F3O/c18-17(19,20)15-6-2-5-14(10-15)16(21)13-4-1-3-12(9-13)11-7-8-11/h1-6,9-11,16,21H,7-8H2. The number of aliphatic hydroxyl groups excluding tert-OH is 1. The highest BCUT2D eigenvalue weighted by molar-refractivity contribution is 5.37. The largest absolute Gasteiger partial charge is 0.416 e. The van der Waals surface area contributed by atoms with Gasteiger partial charge in [-0.05, 0) is 47.6 Å². The fraction of sp³-hybridized carbons (Fsp3) is 0.294. The molecule has 1 unspecified atom stereocenters. The van der Waals surface area contributed by atoms with Crippen LogP contribution in [0.5, 0.6) is 0 Å². The van der Waals surface area contributed by atoms with Crippen molar-refractivity contribution < 1.29 is 18.3 Å². The van der Waals surface area contributed by atoms with Gasteiger partial charge in [0.05, 0.1) is 5.56 Å². The van der Waals surface area contributed by atoms with Crippen molar-refractivity contribution in [3.05, 3.63) is 70.8 Å². The summed E-state index contributed by atoms with van der Waals surface area (Å²) in [4.78, 5) is 0. The Bertz CT molecular complexity index is 644. The van der Waals surface area contributed by atoms with Gasteiger partial charge in [-0.2, -0.15) is 13.2 Å². The second-order valence-corrected chi connectivity index (χ2v) is 5.47. The normalized spacial score (nSPS) is 16.8. The Balaban J connectivity index is 1.91. The van der Waals surface area contributed by atoms with Gasteiger partial charge in [-0.1, -0.05) is 36.4 Å². The highest BCUT2D eigenvalue weighted by Gasteiger charge is 2.31. The molecule has 1 saturated carbocycles. The molecule has 1 aliphatic rings. The molecule has 0 bridgehead atoms. The minimum absolute atomic E-state index is 0.262. The summed E-state index contributed by atoms with van der Waals surface area (Å²) < 4.78 is 38.2. The second-order valence-electron chi connectivity index (χ2n) is 5.47. The summed E-state index contributed by atoms with van der Waals surface area (Å²) in [6, 6.07) is 12.3. The lowest BCUT2D eigenvalue weighted by Gasteiger charge is -2.15. The molecular formula is C17H15F3O. The van der Waals surface area contributed by atoms with E-state index in [0.29, 0.717) is 11.5 Å². The third kappa shape index (κ3) is 3.10. The molecule has 0 radical (unpaired) electrons. The van der Waals surface area contributed by atoms with Crippen molar-refractivity contribution in [2.24, 2.45) is 0 Å². The fourth-order valence-corrected chi connectivity index (χ4v) is 2.48. The van der Waals surface area contributed by atoms with Crippen LogP contribution in [0.3, 0.4) is 0 Å². The van der Waals surface area contributed by atoms with Crippen LogP contribution in [-0.2, 0) is 6.18 Å². The van der Waals surface area contributed by atoms with Gasteiger partial charge in [0.25, 0.3) is 0 Å². The molecule has 0 amide bonds. The van der Waals surface area contributed by atoms with E-state index in [4.69, 9.17) is 0 Å². The first-order chi connectivity index (χ1) is 9.95. The predicted octanol–water partition coefficient (Wildman–Crippen LogP) is 4.66. The Hall–Kier alpha value is -1.81. The molecule has 0 saturated heterocycles. The lowest BCUT2D eigenvalue weighted by molar-refractivity contribution is -0.137. The number of hydrogen-bond acceptors (Lipinski definition) is 1. The topological polar surface area (TPSA) is 20.2 Å². The van der Waals surface area contributed by atoms with Crippen LogP contribution < -0.4 is 0 Å². The highest BCUT2D eigenvalue weighted by atomic mass is 19.4. The van der Waals surface area contributed by atoms with Gasteiger partial charge in [0.2, 0.25) is 0 Å². The van der Waals surface area contributed by atoms with Crippen LogP contribution in [0, 0.1) is 0 Å². The molecule has 0 heterocycles. The van der Waals surface area contributed by atoms with E-state index in [1.807, 2.05) is 18.2 Å². The Morgan fingerprint density at radius 2 is 1.57 bits per heavy atom. The zero-order chi connectivity index (χ0) is 15.0. The van der Waals surface area contributed by atoms with Crippen LogP contribution in [0.15, 0.2) is 48.5 Å². The van der Waals surface area contributed by atoms with Crippen molar-refractivity contribution in [1.29, 1.82) is 0 Å². The number of benzene rings is 2. The maximum atomic E-state index is 12.7. The minimum atomic E-state index is -4.40. The summed E-state index contributed by atoms with van der Waals surface area (Å²) in [5, 5.41) is 10.3. The minimum Gasteiger partial charge on any atom is -0.384 e. The summed E-state index contributed by atoms with van der Waals surface area (Å²) >= 11 is 0. The van der Waals surface area contributed by atoms with Gasteiger partial charge in [0.15, 0.2) is 0 Å². The third-order valence-electron chi connectivity index (χ3n) is 3.80. The van der Waals surface area contributed by atoms with Crippen molar-refractivity contribution in [3.8, 4) is 0 Å². The van der Waals surface area contributed by atoms with E-state index in [1.54, 1.807) is 6.07 Å². The Morgan fingerprint density at radius 3 is 2.19 bits per heavy atom. The van der Waals surface area contributed by atoms with Gasteiger partial charge in [0, 0.05) is 0 Å². The molecule has 1 aliphatic carbocycles. The lowest BCUT2D eigenvalue weighted by Crippen LogP contribution is -2.07. The smallest absolute Gasteiger partial charge is 0.384 e. The molecule has 1 atom stereocenters. The van der Waals surface area contributed by atoms with Gasteiger partial charge in [-0.15, -0.1) is 0 Å². The van der Waals surface area contributed by atoms with Crippen LogP contribution in [0.25, 0.3) is 0 Å². The van der Waals surface area contributed by atoms with Crippen molar-refractivity contribution in [3.63, 3.8) is 0 Å². The average Bonchev–Trinajstić information content (AvgIpc) is 3.30. The van der Waals surface area contributed by atoms with Crippen molar-refractivity contribution in [2.75, 3.05) is 0 Å². The molecule has 1 nitrogen and oxygen atoms in total. The van der Waals surface area contributed by atoms with E-state index in [2.05, 4.69) is 0 Å². The average molecular weight is 292 g/mol. The Morgan fingerprint density at radius 1 is 0.952 bits per heavy atom. The Kier molecular flexibility index (Phi) is 3.49. The zero-order valence-electron chi connectivity index (χ0n) is 11.3. The fourth-order valence-electron chi connectivity index (χ4n) is 2.48. The Labute approximate surface area is 121 Å². The van der Waals surface area contributed by atoms with Crippen molar-refractivity contribution in [1.82, 2.24) is 0 Å². The monoisotopic (exact) mass is 292 g/mol. The molecule has 1 N–H and O–H groups in total. The van der Waals surface area contributed by atoms with Crippen molar-refractivity contribution >= 4 is 0 Å². The second kappa shape index (κ2) is 5.19. The van der Waals surface area contributed by atoms with Crippen LogP contribution in [-0.4, -0.2) is 5.11 Å². The summed E-state index contributed by atoms with van der Waals surface area (Å²) in [6.45, 7) is 0. The quantitative estimate of drug-likeness (QED) is 0.872. The van der Waals surface area contributed by atoms with E-state index >= 15 is 0 Å². The first-order valence-corrected chi connectivity index (χ1v) is 6.90. The zero-order valence-corrected chi connectivity index (χ0v) is 11.3. The van der Waals surface area contributed by atoms with Crippen LogP contribution >= 0.6 is 0 Å². The molecule has 0 spiro atoms. The lowest BCUT2D eigenvalue weighted by atomic mass is 9.97. The van der Waals surface area contributed by atoms with Gasteiger partial charge >= 0.3 is 6.18 Å². The highest BCUT2D eigenvalue weighted by Crippen LogP contribution is 2.41. The van der Waals surface area contributed by atoms with E-state index < -0.39 is 17.8 Å². The number of rotatable bonds is 3. The van der Waals surface area contributed by atoms with Crippen LogP contribution in [0.2, 0.25) is 0 Å². The van der Waals surface area contributed by atoms with Crippen LogP contribution in [0.1, 0.15) is 47.1 Å². The first kappa shape index (κ1) is 14.1. The maximum Gasteiger partial charge on any atom is 0.416 e. The van der Waals surface area contributed by atoms with E-state index in [1.165, 1.54) is 12.1 Å². The molecular weight excluding hydrogens is 277 g/mol. The molecule has 2 aromatic rings. The molecule has 0 aliphatic heterocycles. The first-order valence-electron chi connectivity index (χ1n) is 6.90. The maximum absolute atomic E-state index is 12.7. The summed E-state index contributed by atoms with van der Waals surface area (Å²) in [6.07, 6.45) is -3.15. The molecule has 110 valence electrons. The van der Waals surface area contributed by atoms with E-state index in [-0.39, 0.29) is 5.56 Å². The predicted molar refractivity (Wildman–Crippen MR) is 73.9 cm³/mol. The summed E-state index contributed by atoms with van der Waals surface area (Å²) in [7, 11) is 0. The molecule has 21 heavy (non-hydrogen) atoms.